The van der Waals surface area contributed by atoms with Crippen LogP contribution >= 0.6 is 22.9 Å². The van der Waals surface area contributed by atoms with Crippen molar-refractivity contribution in [2.24, 2.45) is 5.92 Å². The molecule has 24 heavy (non-hydrogen) atoms. The van der Waals surface area contributed by atoms with Crippen molar-refractivity contribution in [1.82, 2.24) is 14.3 Å². The molecule has 1 unspecified atom stereocenters. The fourth-order valence-electron chi connectivity index (χ4n) is 3.42. The lowest BCUT2D eigenvalue weighted by Crippen LogP contribution is -2.40. The molecule has 5 nitrogen and oxygen atoms in total. The fraction of sp³-hybridized carbons (Fsp3) is 0.588. The van der Waals surface area contributed by atoms with Gasteiger partial charge in [-0.1, -0.05) is 13.8 Å². The van der Waals surface area contributed by atoms with Gasteiger partial charge in [-0.05, 0) is 29.9 Å². The molecule has 7 heteroatoms. The Balaban J connectivity index is 1.40. The second-order valence-electron chi connectivity index (χ2n) is 6.90. The van der Waals surface area contributed by atoms with Crippen LogP contribution < -0.4 is 4.90 Å². The molecule has 1 fully saturated rings. The van der Waals surface area contributed by atoms with Crippen LogP contribution in [0.25, 0.3) is 0 Å². The van der Waals surface area contributed by atoms with Crippen LogP contribution in [0.5, 0.6) is 0 Å². The summed E-state index contributed by atoms with van der Waals surface area (Å²) in [6.45, 7) is 7.54. The predicted molar refractivity (Wildman–Crippen MR) is 97.8 cm³/mol. The van der Waals surface area contributed by atoms with Gasteiger partial charge in [0.2, 0.25) is 11.0 Å². The average Bonchev–Trinajstić information content (AvgIpc) is 3.31. The van der Waals surface area contributed by atoms with Gasteiger partial charge >= 0.3 is 0 Å². The van der Waals surface area contributed by atoms with E-state index in [1.165, 1.54) is 22.0 Å². The maximum absolute atomic E-state index is 12.9. The van der Waals surface area contributed by atoms with Crippen molar-refractivity contribution in [3.05, 3.63) is 27.7 Å². The van der Waals surface area contributed by atoms with E-state index < -0.39 is 0 Å². The molecule has 0 aliphatic carbocycles. The average molecular weight is 363 g/mol. The Bertz CT molecular complexity index is 739. The smallest absolute Gasteiger partial charge is 0.227 e. The van der Waals surface area contributed by atoms with Crippen molar-refractivity contribution < 1.29 is 4.79 Å². The first-order valence-corrected chi connectivity index (χ1v) is 10.2. The van der Waals surface area contributed by atoms with Crippen LogP contribution in [-0.2, 0) is 17.8 Å². The SMILES string of the molecule is CC(C)c1nsc(N2CCC(C(=O)N3CCc4sccc4C3)C2)n1. The third-order valence-electron chi connectivity index (χ3n) is 4.87. The number of carbonyl (C=O) groups excluding carboxylic acids is 1. The summed E-state index contributed by atoms with van der Waals surface area (Å²) in [5.74, 6) is 1.66. The summed E-state index contributed by atoms with van der Waals surface area (Å²) in [6, 6.07) is 2.16. The van der Waals surface area contributed by atoms with Gasteiger partial charge in [0.1, 0.15) is 5.82 Å². The van der Waals surface area contributed by atoms with E-state index in [-0.39, 0.29) is 5.92 Å². The van der Waals surface area contributed by atoms with Gasteiger partial charge in [-0.3, -0.25) is 4.79 Å². The Kier molecular flexibility index (Phi) is 4.30. The third-order valence-corrected chi connectivity index (χ3v) is 6.69. The van der Waals surface area contributed by atoms with E-state index in [0.29, 0.717) is 11.8 Å². The highest BCUT2D eigenvalue weighted by molar-refractivity contribution is 7.10. The molecule has 2 aliphatic heterocycles. The zero-order chi connectivity index (χ0) is 16.7. The van der Waals surface area contributed by atoms with Crippen LogP contribution in [0, 0.1) is 5.92 Å². The van der Waals surface area contributed by atoms with Crippen molar-refractivity contribution in [1.29, 1.82) is 0 Å². The van der Waals surface area contributed by atoms with E-state index >= 15 is 0 Å². The van der Waals surface area contributed by atoms with E-state index in [4.69, 9.17) is 0 Å². The van der Waals surface area contributed by atoms with E-state index in [9.17, 15) is 4.79 Å². The lowest BCUT2D eigenvalue weighted by molar-refractivity contribution is -0.135. The summed E-state index contributed by atoms with van der Waals surface area (Å²) >= 11 is 3.27. The van der Waals surface area contributed by atoms with Gasteiger partial charge in [0.15, 0.2) is 0 Å². The highest BCUT2D eigenvalue weighted by Gasteiger charge is 2.34. The minimum absolute atomic E-state index is 0.0941. The topological polar surface area (TPSA) is 49.3 Å². The largest absolute Gasteiger partial charge is 0.346 e. The molecule has 0 bridgehead atoms. The van der Waals surface area contributed by atoms with Gasteiger partial charge in [0.05, 0.1) is 5.92 Å². The van der Waals surface area contributed by atoms with Crippen LogP contribution in [0.3, 0.4) is 0 Å². The number of amides is 1. The van der Waals surface area contributed by atoms with Crippen molar-refractivity contribution in [2.75, 3.05) is 24.5 Å². The Morgan fingerprint density at radius 3 is 3.04 bits per heavy atom. The maximum atomic E-state index is 12.9. The molecule has 2 aromatic rings. The molecule has 0 spiro atoms. The fourth-order valence-corrected chi connectivity index (χ4v) is 5.15. The minimum atomic E-state index is 0.0941. The summed E-state index contributed by atoms with van der Waals surface area (Å²) in [5, 5.41) is 3.10. The van der Waals surface area contributed by atoms with Gasteiger partial charge in [0.25, 0.3) is 0 Å². The number of anilines is 1. The minimum Gasteiger partial charge on any atom is -0.346 e. The number of fused-ring (bicyclic) bond motifs is 1. The lowest BCUT2D eigenvalue weighted by atomic mass is 10.0. The molecule has 0 radical (unpaired) electrons. The Morgan fingerprint density at radius 1 is 1.38 bits per heavy atom. The van der Waals surface area contributed by atoms with Gasteiger partial charge < -0.3 is 9.80 Å². The molecule has 4 rings (SSSR count). The first-order chi connectivity index (χ1) is 11.6. The van der Waals surface area contributed by atoms with E-state index in [1.807, 2.05) is 16.2 Å². The Hall–Kier alpha value is -1.47. The molecule has 1 saturated heterocycles. The molecule has 1 atom stereocenters. The van der Waals surface area contributed by atoms with Gasteiger partial charge in [-0.25, -0.2) is 4.98 Å². The summed E-state index contributed by atoms with van der Waals surface area (Å²) in [4.78, 5) is 23.2. The van der Waals surface area contributed by atoms with Gasteiger partial charge in [-0.2, -0.15) is 4.37 Å². The van der Waals surface area contributed by atoms with Crippen molar-refractivity contribution in [2.45, 2.75) is 39.2 Å². The number of aromatic nitrogens is 2. The van der Waals surface area contributed by atoms with Crippen molar-refractivity contribution >= 4 is 33.9 Å². The second kappa shape index (κ2) is 6.44. The normalized spacial score (nSPS) is 20.7. The van der Waals surface area contributed by atoms with Crippen LogP contribution in [0.1, 0.15) is 42.5 Å². The first-order valence-electron chi connectivity index (χ1n) is 8.54. The number of thiophene rings is 1. The number of carbonyl (C=O) groups is 1. The third kappa shape index (κ3) is 2.95. The zero-order valence-corrected chi connectivity index (χ0v) is 15.7. The summed E-state index contributed by atoms with van der Waals surface area (Å²) in [7, 11) is 0. The predicted octanol–water partition coefficient (Wildman–Crippen LogP) is 3.13. The highest BCUT2D eigenvalue weighted by atomic mass is 32.1. The molecule has 0 N–H and O–H groups in total. The quantitative estimate of drug-likeness (QED) is 0.842. The summed E-state index contributed by atoms with van der Waals surface area (Å²) < 4.78 is 4.43. The zero-order valence-electron chi connectivity index (χ0n) is 14.1. The van der Waals surface area contributed by atoms with Crippen molar-refractivity contribution in [3.63, 3.8) is 0 Å². The molecule has 2 aromatic heterocycles. The van der Waals surface area contributed by atoms with Crippen molar-refractivity contribution in [3.8, 4) is 0 Å². The number of hydrogen-bond acceptors (Lipinski definition) is 6. The summed E-state index contributed by atoms with van der Waals surface area (Å²) in [5.41, 5.74) is 1.33. The Labute approximate surface area is 150 Å². The molecular formula is C17H22N4OS2. The standard InChI is InChI=1S/C17H22N4OS2/c1-11(2)15-18-17(24-19-15)21-6-3-13(10-21)16(22)20-7-4-14-12(9-20)5-8-23-14/h5,8,11,13H,3-4,6-7,9-10H2,1-2H3. The van der Waals surface area contributed by atoms with Gasteiger partial charge in [-0.15, -0.1) is 11.3 Å². The second-order valence-corrected chi connectivity index (χ2v) is 8.63. The molecule has 2 aliphatic rings. The van der Waals surface area contributed by atoms with Crippen LogP contribution in [0.2, 0.25) is 0 Å². The first kappa shape index (κ1) is 16.0. The maximum Gasteiger partial charge on any atom is 0.227 e. The molecule has 0 aromatic carbocycles. The van der Waals surface area contributed by atoms with Crippen LogP contribution in [-0.4, -0.2) is 39.8 Å². The number of nitrogens with zero attached hydrogens (tertiary/aromatic N) is 4. The number of rotatable bonds is 3. The van der Waals surface area contributed by atoms with Crippen LogP contribution in [0.4, 0.5) is 5.13 Å². The molecule has 4 heterocycles. The molecular weight excluding hydrogens is 340 g/mol. The molecule has 0 saturated carbocycles. The van der Waals surface area contributed by atoms with E-state index in [2.05, 4.69) is 39.6 Å². The molecule has 128 valence electrons. The summed E-state index contributed by atoms with van der Waals surface area (Å²) in [6.07, 6.45) is 1.92. The molecule has 1 amide bonds. The van der Waals surface area contributed by atoms with E-state index in [0.717, 1.165) is 50.0 Å². The number of hydrogen-bond donors (Lipinski definition) is 0. The monoisotopic (exact) mass is 362 g/mol. The van der Waals surface area contributed by atoms with Crippen LogP contribution in [0.15, 0.2) is 11.4 Å². The highest BCUT2D eigenvalue weighted by Crippen LogP contribution is 2.30. The Morgan fingerprint density at radius 2 is 2.25 bits per heavy atom. The van der Waals surface area contributed by atoms with E-state index in [1.54, 1.807) is 0 Å². The lowest BCUT2D eigenvalue weighted by Gasteiger charge is -2.29. The van der Waals surface area contributed by atoms with Gasteiger partial charge in [0, 0.05) is 48.5 Å².